The Balaban J connectivity index is 1.68. The van der Waals surface area contributed by atoms with Crippen LogP contribution in [0.4, 0.5) is 0 Å². The largest absolute Gasteiger partial charge is 0.390 e. The van der Waals surface area contributed by atoms with Crippen LogP contribution in [-0.4, -0.2) is 35.9 Å². The smallest absolute Gasteiger partial charge is 0.243 e. The SMILES string of the molecule is C[C@H]1/C=C\C=C\[C@@H]2O[C@H]3[C@H]4[C@H]2[C@H](C=C[C@H]4C[C@H]3O)/C=C/C(=O)NC1. The van der Waals surface area contributed by atoms with E-state index in [4.69, 9.17) is 4.74 Å². The van der Waals surface area contributed by atoms with Gasteiger partial charge in [0, 0.05) is 24.3 Å². The highest BCUT2D eigenvalue weighted by Gasteiger charge is 2.56. The summed E-state index contributed by atoms with van der Waals surface area (Å²) >= 11 is 0. The molecule has 0 spiro atoms. The van der Waals surface area contributed by atoms with E-state index < -0.39 is 0 Å². The molecule has 1 amide bonds. The van der Waals surface area contributed by atoms with Crippen LogP contribution in [-0.2, 0) is 9.53 Å². The molecule has 128 valence electrons. The molecule has 2 aliphatic carbocycles. The number of amides is 1. The highest BCUT2D eigenvalue weighted by molar-refractivity contribution is 5.87. The Kier molecular flexibility index (Phi) is 4.19. The highest BCUT2D eigenvalue weighted by Crippen LogP contribution is 2.53. The first kappa shape index (κ1) is 15.9. The molecule has 1 saturated heterocycles. The molecule has 2 aliphatic heterocycles. The number of rotatable bonds is 0. The average molecular weight is 327 g/mol. The van der Waals surface area contributed by atoms with Gasteiger partial charge in [0.2, 0.25) is 5.91 Å². The summed E-state index contributed by atoms with van der Waals surface area (Å²) in [7, 11) is 0. The van der Waals surface area contributed by atoms with Crippen LogP contribution in [0.3, 0.4) is 0 Å². The molecule has 2 N–H and O–H groups in total. The number of ether oxygens (including phenoxy) is 1. The molecule has 2 fully saturated rings. The van der Waals surface area contributed by atoms with Crippen molar-refractivity contribution >= 4 is 5.91 Å². The van der Waals surface area contributed by atoms with Gasteiger partial charge in [-0.25, -0.2) is 0 Å². The van der Waals surface area contributed by atoms with E-state index in [1.54, 1.807) is 6.08 Å². The van der Waals surface area contributed by atoms with Gasteiger partial charge in [0.15, 0.2) is 0 Å². The van der Waals surface area contributed by atoms with Crippen molar-refractivity contribution in [3.05, 3.63) is 48.6 Å². The Morgan fingerprint density at radius 1 is 1.12 bits per heavy atom. The molecule has 24 heavy (non-hydrogen) atoms. The topological polar surface area (TPSA) is 58.6 Å². The van der Waals surface area contributed by atoms with E-state index in [2.05, 4.69) is 36.5 Å². The van der Waals surface area contributed by atoms with Crippen molar-refractivity contribution in [3.8, 4) is 0 Å². The minimum absolute atomic E-state index is 0.0131. The van der Waals surface area contributed by atoms with Crippen molar-refractivity contribution in [3.63, 3.8) is 0 Å². The Labute approximate surface area is 143 Å². The summed E-state index contributed by atoms with van der Waals surface area (Å²) in [6, 6.07) is 0. The van der Waals surface area contributed by atoms with Gasteiger partial charge in [-0.2, -0.15) is 0 Å². The summed E-state index contributed by atoms with van der Waals surface area (Å²) in [5.74, 6) is 1.42. The van der Waals surface area contributed by atoms with E-state index in [-0.39, 0.29) is 42.0 Å². The van der Waals surface area contributed by atoms with E-state index in [1.807, 2.05) is 18.2 Å². The third kappa shape index (κ3) is 2.78. The van der Waals surface area contributed by atoms with Gasteiger partial charge >= 0.3 is 0 Å². The number of carbonyl (C=O) groups excluding carboxylic acids is 1. The van der Waals surface area contributed by atoms with Crippen molar-refractivity contribution in [2.45, 2.75) is 31.7 Å². The van der Waals surface area contributed by atoms with Crippen LogP contribution < -0.4 is 5.32 Å². The van der Waals surface area contributed by atoms with Crippen LogP contribution in [0.25, 0.3) is 0 Å². The predicted molar refractivity (Wildman–Crippen MR) is 92.0 cm³/mol. The maximum Gasteiger partial charge on any atom is 0.243 e. The first-order valence-electron chi connectivity index (χ1n) is 8.96. The number of aliphatic hydroxyl groups is 1. The van der Waals surface area contributed by atoms with Crippen LogP contribution in [0.2, 0.25) is 0 Å². The van der Waals surface area contributed by atoms with Gasteiger partial charge in [0.1, 0.15) is 0 Å². The Bertz CT molecular complexity index is 620. The molecular formula is C20H25NO3. The summed E-state index contributed by atoms with van der Waals surface area (Å²) in [6.45, 7) is 2.71. The molecule has 0 aromatic heterocycles. The molecular weight excluding hydrogens is 302 g/mol. The molecule has 4 nitrogen and oxygen atoms in total. The van der Waals surface area contributed by atoms with Gasteiger partial charge in [-0.15, -0.1) is 0 Å². The van der Waals surface area contributed by atoms with Crippen LogP contribution in [0.5, 0.6) is 0 Å². The third-order valence-corrected chi connectivity index (χ3v) is 5.85. The average Bonchev–Trinajstić information content (AvgIpc) is 3.10. The normalized spacial score (nSPS) is 50.8. The number of hydrogen-bond donors (Lipinski definition) is 2. The second-order valence-electron chi connectivity index (χ2n) is 7.50. The number of hydrogen-bond acceptors (Lipinski definition) is 3. The Morgan fingerprint density at radius 2 is 1.96 bits per heavy atom. The summed E-state index contributed by atoms with van der Waals surface area (Å²) in [5.41, 5.74) is 0. The van der Waals surface area contributed by atoms with Crippen LogP contribution in [0.1, 0.15) is 13.3 Å². The number of carbonyl (C=O) groups is 1. The van der Waals surface area contributed by atoms with Gasteiger partial charge in [0.25, 0.3) is 0 Å². The quantitative estimate of drug-likeness (QED) is 0.669. The molecule has 0 bridgehead atoms. The van der Waals surface area contributed by atoms with E-state index >= 15 is 0 Å². The highest BCUT2D eigenvalue weighted by atomic mass is 16.5. The lowest BCUT2D eigenvalue weighted by Crippen LogP contribution is -2.32. The van der Waals surface area contributed by atoms with Gasteiger partial charge in [-0.3, -0.25) is 4.79 Å². The van der Waals surface area contributed by atoms with Gasteiger partial charge in [-0.1, -0.05) is 49.5 Å². The fourth-order valence-electron chi connectivity index (χ4n) is 4.71. The molecule has 4 rings (SSSR count). The van der Waals surface area contributed by atoms with E-state index in [1.165, 1.54) is 0 Å². The van der Waals surface area contributed by atoms with Crippen molar-refractivity contribution in [2.24, 2.45) is 29.6 Å². The molecule has 8 atom stereocenters. The summed E-state index contributed by atoms with van der Waals surface area (Å²) < 4.78 is 6.23. The van der Waals surface area contributed by atoms with Gasteiger partial charge < -0.3 is 15.2 Å². The van der Waals surface area contributed by atoms with E-state index in [0.29, 0.717) is 18.4 Å². The number of nitrogens with one attached hydrogen (secondary N) is 1. The van der Waals surface area contributed by atoms with Gasteiger partial charge in [0.05, 0.1) is 18.3 Å². The summed E-state index contributed by atoms with van der Waals surface area (Å²) in [6.07, 6.45) is 16.6. The maximum absolute atomic E-state index is 12.0. The van der Waals surface area contributed by atoms with E-state index in [0.717, 1.165) is 6.42 Å². The minimum atomic E-state index is -0.383. The number of aliphatic hydroxyl groups excluding tert-OH is 1. The monoisotopic (exact) mass is 327 g/mol. The molecule has 0 unspecified atom stereocenters. The van der Waals surface area contributed by atoms with Crippen LogP contribution in [0, 0.1) is 29.6 Å². The Hall–Kier alpha value is -1.65. The molecule has 2 heterocycles. The lowest BCUT2D eigenvalue weighted by Gasteiger charge is -2.32. The van der Waals surface area contributed by atoms with Crippen molar-refractivity contribution in [2.75, 3.05) is 6.54 Å². The fraction of sp³-hybridized carbons (Fsp3) is 0.550. The first-order valence-corrected chi connectivity index (χ1v) is 8.96. The van der Waals surface area contributed by atoms with Gasteiger partial charge in [-0.05, 0) is 24.3 Å². The fourth-order valence-corrected chi connectivity index (χ4v) is 4.71. The first-order chi connectivity index (χ1) is 11.6. The zero-order chi connectivity index (χ0) is 16.7. The zero-order valence-corrected chi connectivity index (χ0v) is 13.9. The lowest BCUT2D eigenvalue weighted by molar-refractivity contribution is -0.116. The number of allylic oxidation sites excluding steroid dienone is 5. The van der Waals surface area contributed by atoms with Crippen molar-refractivity contribution in [1.29, 1.82) is 0 Å². The second-order valence-corrected chi connectivity index (χ2v) is 7.50. The molecule has 0 radical (unpaired) electrons. The van der Waals surface area contributed by atoms with E-state index in [9.17, 15) is 9.90 Å². The van der Waals surface area contributed by atoms with Crippen LogP contribution in [0.15, 0.2) is 48.6 Å². The molecule has 0 aromatic carbocycles. The molecule has 1 saturated carbocycles. The molecule has 0 aromatic rings. The standard InChI is InChI=1S/C20H25NO3/c1-12-4-2-3-5-16-18-13(8-9-17(23)21-11-12)6-7-14-10-15(22)20(24-16)19(14)18/h2-9,12-16,18-20,22H,10-11H2,1H3,(H,21,23)/b4-2-,5-3+,9-8+/t12-,13+,14-,15+,16-,18-,19+,20+/m0/s1. The summed E-state index contributed by atoms with van der Waals surface area (Å²) in [4.78, 5) is 12.0. The van der Waals surface area contributed by atoms with Crippen LogP contribution >= 0.6 is 0 Å². The molecule has 4 heteroatoms. The second kappa shape index (κ2) is 6.34. The van der Waals surface area contributed by atoms with Crippen molar-refractivity contribution < 1.29 is 14.6 Å². The minimum Gasteiger partial charge on any atom is -0.390 e. The lowest BCUT2D eigenvalue weighted by atomic mass is 9.70. The Morgan fingerprint density at radius 3 is 2.83 bits per heavy atom. The predicted octanol–water partition coefficient (Wildman–Crippen LogP) is 1.99. The maximum atomic E-state index is 12.0. The zero-order valence-electron chi connectivity index (χ0n) is 13.9. The summed E-state index contributed by atoms with van der Waals surface area (Å²) in [5, 5.41) is 13.3. The third-order valence-electron chi connectivity index (χ3n) is 5.85. The molecule has 4 aliphatic rings. The van der Waals surface area contributed by atoms with Crippen molar-refractivity contribution in [1.82, 2.24) is 5.32 Å².